The summed E-state index contributed by atoms with van der Waals surface area (Å²) in [5.41, 5.74) is 1.48. The number of benzene rings is 1. The van der Waals surface area contributed by atoms with E-state index in [-0.39, 0.29) is 0 Å². The molecule has 1 aromatic rings. The number of piperazine rings is 1. The average molecular weight is 338 g/mol. The Bertz CT molecular complexity index is 426. The zero-order valence-electron chi connectivity index (χ0n) is 12.2. The van der Waals surface area contributed by atoms with Crippen molar-refractivity contribution in [3.8, 4) is 0 Å². The van der Waals surface area contributed by atoms with Crippen molar-refractivity contribution in [2.45, 2.75) is 18.4 Å². The Morgan fingerprint density at radius 1 is 1.15 bits per heavy atom. The van der Waals surface area contributed by atoms with Gasteiger partial charge in [-0.1, -0.05) is 28.1 Å². The van der Waals surface area contributed by atoms with Crippen molar-refractivity contribution < 1.29 is 0 Å². The lowest BCUT2D eigenvalue weighted by Crippen LogP contribution is -2.46. The molecule has 1 N–H and O–H groups in total. The van der Waals surface area contributed by atoms with Gasteiger partial charge in [0, 0.05) is 55.7 Å². The summed E-state index contributed by atoms with van der Waals surface area (Å²) in [5.74, 6) is 0.732. The summed E-state index contributed by atoms with van der Waals surface area (Å²) < 4.78 is 1.17. The largest absolute Gasteiger partial charge is 0.312 e. The minimum Gasteiger partial charge on any atom is -0.312 e. The van der Waals surface area contributed by atoms with E-state index in [1.54, 1.807) is 0 Å². The number of hydrogen-bond donors (Lipinski definition) is 1. The number of likely N-dealkylation sites (N-methyl/N-ethyl adjacent to an activating group) is 1. The van der Waals surface area contributed by atoms with Crippen LogP contribution in [0.4, 0.5) is 0 Å². The molecule has 1 aliphatic carbocycles. The van der Waals surface area contributed by atoms with Gasteiger partial charge < -0.3 is 10.2 Å². The van der Waals surface area contributed by atoms with E-state index in [1.165, 1.54) is 49.2 Å². The molecule has 3 rings (SSSR count). The first-order valence-corrected chi connectivity index (χ1v) is 8.41. The molecule has 0 spiro atoms. The van der Waals surface area contributed by atoms with Crippen LogP contribution < -0.4 is 5.32 Å². The number of nitrogens with zero attached hydrogens (tertiary/aromatic N) is 2. The van der Waals surface area contributed by atoms with Crippen molar-refractivity contribution in [1.82, 2.24) is 15.1 Å². The molecule has 2 aliphatic rings. The van der Waals surface area contributed by atoms with Crippen LogP contribution in [0.15, 0.2) is 28.7 Å². The van der Waals surface area contributed by atoms with Crippen LogP contribution in [0.1, 0.15) is 17.9 Å². The van der Waals surface area contributed by atoms with Crippen LogP contribution in [0, 0.1) is 0 Å². The third-order valence-corrected chi connectivity index (χ3v) is 5.05. The highest BCUT2D eigenvalue weighted by atomic mass is 79.9. The molecule has 0 amide bonds. The zero-order chi connectivity index (χ0) is 13.9. The predicted octanol–water partition coefficient (Wildman–Crippen LogP) is 2.14. The van der Waals surface area contributed by atoms with Crippen molar-refractivity contribution >= 4 is 15.9 Å². The molecule has 3 nitrogen and oxygen atoms in total. The molecule has 0 aromatic heterocycles. The maximum atomic E-state index is 3.71. The van der Waals surface area contributed by atoms with Crippen molar-refractivity contribution in [2.75, 3.05) is 46.3 Å². The predicted molar refractivity (Wildman–Crippen MR) is 87.2 cm³/mol. The molecule has 1 aromatic carbocycles. The SMILES string of the molecule is CN1CCN(CCN[C@H]2CC2c2ccc(Br)cc2)CC1. The highest BCUT2D eigenvalue weighted by molar-refractivity contribution is 9.10. The lowest BCUT2D eigenvalue weighted by Gasteiger charge is -2.32. The Kier molecular flexibility index (Phi) is 4.76. The summed E-state index contributed by atoms with van der Waals surface area (Å²) in [7, 11) is 2.21. The van der Waals surface area contributed by atoms with Crippen LogP contribution >= 0.6 is 15.9 Å². The minimum absolute atomic E-state index is 0.698. The average Bonchev–Trinajstić information content (AvgIpc) is 3.21. The third kappa shape index (κ3) is 3.82. The van der Waals surface area contributed by atoms with Crippen LogP contribution in [0.25, 0.3) is 0 Å². The molecule has 0 radical (unpaired) electrons. The fraction of sp³-hybridized carbons (Fsp3) is 0.625. The van der Waals surface area contributed by atoms with Crippen LogP contribution in [0.2, 0.25) is 0 Å². The number of halogens is 1. The summed E-state index contributed by atoms with van der Waals surface area (Å²) in [5, 5.41) is 3.71. The van der Waals surface area contributed by atoms with E-state index in [2.05, 4.69) is 62.4 Å². The monoisotopic (exact) mass is 337 g/mol. The van der Waals surface area contributed by atoms with Gasteiger partial charge in [-0.3, -0.25) is 4.90 Å². The Hall–Kier alpha value is -0.420. The maximum Gasteiger partial charge on any atom is 0.0175 e. The Balaban J connectivity index is 1.35. The molecule has 1 heterocycles. The van der Waals surface area contributed by atoms with Crippen molar-refractivity contribution in [1.29, 1.82) is 0 Å². The second-order valence-corrected chi connectivity index (χ2v) is 7.01. The van der Waals surface area contributed by atoms with Crippen LogP contribution in [-0.4, -0.2) is 62.2 Å². The zero-order valence-corrected chi connectivity index (χ0v) is 13.8. The molecular weight excluding hydrogens is 314 g/mol. The number of nitrogens with one attached hydrogen (secondary N) is 1. The van der Waals surface area contributed by atoms with E-state index in [4.69, 9.17) is 0 Å². The van der Waals surface area contributed by atoms with Crippen LogP contribution in [0.5, 0.6) is 0 Å². The maximum absolute atomic E-state index is 3.71. The van der Waals surface area contributed by atoms with Gasteiger partial charge in [-0.05, 0) is 31.2 Å². The van der Waals surface area contributed by atoms with Crippen molar-refractivity contribution in [3.05, 3.63) is 34.3 Å². The smallest absolute Gasteiger partial charge is 0.0175 e. The van der Waals surface area contributed by atoms with Gasteiger partial charge in [0.05, 0.1) is 0 Å². The standard InChI is InChI=1S/C16H24BrN3/c1-19-8-10-20(11-9-19)7-6-18-16-12-15(16)13-2-4-14(17)5-3-13/h2-5,15-16,18H,6-12H2,1H3/t15?,16-/m0/s1. The normalized spacial score (nSPS) is 27.7. The topological polar surface area (TPSA) is 18.5 Å². The molecule has 2 atom stereocenters. The second kappa shape index (κ2) is 6.56. The first-order chi connectivity index (χ1) is 9.72. The van der Waals surface area contributed by atoms with E-state index in [0.717, 1.165) is 12.5 Å². The first kappa shape index (κ1) is 14.5. The highest BCUT2D eigenvalue weighted by Gasteiger charge is 2.37. The van der Waals surface area contributed by atoms with Gasteiger partial charge in [0.15, 0.2) is 0 Å². The fourth-order valence-electron chi connectivity index (χ4n) is 2.98. The second-order valence-electron chi connectivity index (χ2n) is 6.10. The molecule has 1 saturated heterocycles. The Morgan fingerprint density at radius 2 is 1.85 bits per heavy atom. The van der Waals surface area contributed by atoms with Crippen molar-refractivity contribution in [2.24, 2.45) is 0 Å². The Labute approximate surface area is 130 Å². The quantitative estimate of drug-likeness (QED) is 0.888. The van der Waals surface area contributed by atoms with E-state index < -0.39 is 0 Å². The molecular formula is C16H24BrN3. The molecule has 20 heavy (non-hydrogen) atoms. The summed E-state index contributed by atoms with van der Waals surface area (Å²) >= 11 is 3.50. The van der Waals surface area contributed by atoms with Gasteiger partial charge in [0.2, 0.25) is 0 Å². The minimum atomic E-state index is 0.698. The Morgan fingerprint density at radius 3 is 2.55 bits per heavy atom. The van der Waals surface area contributed by atoms with E-state index in [0.29, 0.717) is 6.04 Å². The lowest BCUT2D eigenvalue weighted by molar-refractivity contribution is 0.154. The molecule has 4 heteroatoms. The van der Waals surface area contributed by atoms with E-state index in [9.17, 15) is 0 Å². The van der Waals surface area contributed by atoms with Crippen LogP contribution in [0.3, 0.4) is 0 Å². The van der Waals surface area contributed by atoms with Crippen LogP contribution in [-0.2, 0) is 0 Å². The van der Waals surface area contributed by atoms with Crippen molar-refractivity contribution in [3.63, 3.8) is 0 Å². The van der Waals surface area contributed by atoms with Gasteiger partial charge >= 0.3 is 0 Å². The van der Waals surface area contributed by atoms with Gasteiger partial charge in [0.25, 0.3) is 0 Å². The molecule has 1 unspecified atom stereocenters. The summed E-state index contributed by atoms with van der Waals surface area (Å²) in [6, 6.07) is 9.49. The molecule has 1 saturated carbocycles. The summed E-state index contributed by atoms with van der Waals surface area (Å²) in [4.78, 5) is 4.98. The highest BCUT2D eigenvalue weighted by Crippen LogP contribution is 2.40. The molecule has 0 bridgehead atoms. The molecule has 2 fully saturated rings. The molecule has 110 valence electrons. The van der Waals surface area contributed by atoms with Gasteiger partial charge in [0.1, 0.15) is 0 Å². The third-order valence-electron chi connectivity index (χ3n) is 4.52. The van der Waals surface area contributed by atoms with Gasteiger partial charge in [-0.2, -0.15) is 0 Å². The van der Waals surface area contributed by atoms with Gasteiger partial charge in [-0.25, -0.2) is 0 Å². The lowest BCUT2D eigenvalue weighted by atomic mass is 10.1. The van der Waals surface area contributed by atoms with E-state index >= 15 is 0 Å². The van der Waals surface area contributed by atoms with Gasteiger partial charge in [-0.15, -0.1) is 0 Å². The summed E-state index contributed by atoms with van der Waals surface area (Å²) in [6.45, 7) is 7.19. The van der Waals surface area contributed by atoms with E-state index in [1.807, 2.05) is 0 Å². The summed E-state index contributed by atoms with van der Waals surface area (Å²) in [6.07, 6.45) is 1.30. The fourth-order valence-corrected chi connectivity index (χ4v) is 3.24. The molecule has 1 aliphatic heterocycles. The number of rotatable bonds is 5. The number of hydrogen-bond acceptors (Lipinski definition) is 3. The first-order valence-electron chi connectivity index (χ1n) is 7.62.